The van der Waals surface area contributed by atoms with Crippen molar-refractivity contribution in [3.8, 4) is 11.1 Å². The second kappa shape index (κ2) is 4.25. The van der Waals surface area contributed by atoms with Gasteiger partial charge >= 0.3 is 0 Å². The molecule has 0 unspecified atom stereocenters. The van der Waals surface area contributed by atoms with Crippen molar-refractivity contribution in [1.82, 2.24) is 0 Å². The number of aliphatic hydroxyl groups is 1. The Bertz CT molecular complexity index is 526. The molecule has 0 bridgehead atoms. The standard InChI is InChI=1S/C17H18O/c1-2-17(11-12-18)15-9-5-3-7-13(15)14-8-4-6-10-16(14)17/h3-10,18H,2,11-12H2,1H3. The molecule has 1 heteroatoms. The van der Waals surface area contributed by atoms with E-state index >= 15 is 0 Å². The molecule has 0 heterocycles. The number of benzene rings is 2. The summed E-state index contributed by atoms with van der Waals surface area (Å²) in [5.41, 5.74) is 5.43. The van der Waals surface area contributed by atoms with Gasteiger partial charge in [-0.2, -0.15) is 0 Å². The van der Waals surface area contributed by atoms with E-state index in [9.17, 15) is 5.11 Å². The van der Waals surface area contributed by atoms with E-state index in [1.54, 1.807) is 0 Å². The van der Waals surface area contributed by atoms with Gasteiger partial charge in [-0.3, -0.25) is 0 Å². The molecule has 0 aliphatic heterocycles. The first-order valence-electron chi connectivity index (χ1n) is 6.64. The Labute approximate surface area is 108 Å². The number of aliphatic hydroxyl groups excluding tert-OH is 1. The summed E-state index contributed by atoms with van der Waals surface area (Å²) in [6, 6.07) is 17.2. The van der Waals surface area contributed by atoms with Crippen LogP contribution in [0.15, 0.2) is 48.5 Å². The molecule has 0 amide bonds. The monoisotopic (exact) mass is 238 g/mol. The molecule has 0 fully saturated rings. The van der Waals surface area contributed by atoms with Crippen molar-refractivity contribution in [1.29, 1.82) is 0 Å². The normalized spacial score (nSPS) is 15.2. The lowest BCUT2D eigenvalue weighted by atomic mass is 9.73. The molecule has 1 aliphatic rings. The lowest BCUT2D eigenvalue weighted by molar-refractivity contribution is 0.252. The lowest BCUT2D eigenvalue weighted by Crippen LogP contribution is -2.25. The number of fused-ring (bicyclic) bond motifs is 3. The predicted octanol–water partition coefficient (Wildman–Crippen LogP) is 3.75. The van der Waals surface area contributed by atoms with Crippen LogP contribution in [-0.2, 0) is 5.41 Å². The Kier molecular flexibility index (Phi) is 2.71. The highest BCUT2D eigenvalue weighted by Crippen LogP contribution is 2.52. The predicted molar refractivity (Wildman–Crippen MR) is 74.7 cm³/mol. The Morgan fingerprint density at radius 1 is 0.889 bits per heavy atom. The van der Waals surface area contributed by atoms with E-state index in [-0.39, 0.29) is 12.0 Å². The first-order valence-corrected chi connectivity index (χ1v) is 6.64. The highest BCUT2D eigenvalue weighted by atomic mass is 16.3. The summed E-state index contributed by atoms with van der Waals surface area (Å²) in [4.78, 5) is 0. The minimum atomic E-state index is 0.00192. The summed E-state index contributed by atoms with van der Waals surface area (Å²) in [5, 5.41) is 9.47. The Hall–Kier alpha value is -1.60. The molecule has 0 spiro atoms. The molecule has 92 valence electrons. The molecule has 0 radical (unpaired) electrons. The SMILES string of the molecule is CCC1(CCO)c2ccccc2-c2ccccc21. The zero-order valence-electron chi connectivity index (χ0n) is 10.7. The second-order valence-corrected chi connectivity index (χ2v) is 5.00. The lowest BCUT2D eigenvalue weighted by Gasteiger charge is -2.30. The van der Waals surface area contributed by atoms with Crippen LogP contribution in [0.25, 0.3) is 11.1 Å². The molecular formula is C17H18O. The number of rotatable bonds is 3. The van der Waals surface area contributed by atoms with Crippen LogP contribution in [0.1, 0.15) is 30.9 Å². The summed E-state index contributed by atoms with van der Waals surface area (Å²) in [6.07, 6.45) is 1.83. The van der Waals surface area contributed by atoms with E-state index in [1.165, 1.54) is 22.3 Å². The molecule has 0 atom stereocenters. The fourth-order valence-electron chi connectivity index (χ4n) is 3.43. The van der Waals surface area contributed by atoms with Crippen molar-refractivity contribution >= 4 is 0 Å². The highest BCUT2D eigenvalue weighted by molar-refractivity contribution is 5.80. The van der Waals surface area contributed by atoms with Crippen LogP contribution in [0.5, 0.6) is 0 Å². The first kappa shape index (κ1) is 11.5. The van der Waals surface area contributed by atoms with Crippen molar-refractivity contribution in [3.05, 3.63) is 59.7 Å². The molecule has 1 aliphatic carbocycles. The van der Waals surface area contributed by atoms with Crippen LogP contribution in [-0.4, -0.2) is 11.7 Å². The fourth-order valence-corrected chi connectivity index (χ4v) is 3.43. The molecule has 1 N–H and O–H groups in total. The van der Waals surface area contributed by atoms with Gasteiger partial charge in [0.05, 0.1) is 0 Å². The fraction of sp³-hybridized carbons (Fsp3) is 0.294. The number of hydrogen-bond donors (Lipinski definition) is 1. The van der Waals surface area contributed by atoms with Crippen molar-refractivity contribution in [2.75, 3.05) is 6.61 Å². The summed E-state index contributed by atoms with van der Waals surface area (Å²) < 4.78 is 0. The topological polar surface area (TPSA) is 20.2 Å². The van der Waals surface area contributed by atoms with Crippen molar-refractivity contribution in [2.24, 2.45) is 0 Å². The molecule has 0 saturated carbocycles. The summed E-state index contributed by atoms with van der Waals surface area (Å²) in [6.45, 7) is 2.45. The zero-order chi connectivity index (χ0) is 12.6. The Morgan fingerprint density at radius 3 is 1.83 bits per heavy atom. The van der Waals surface area contributed by atoms with Crippen molar-refractivity contribution in [3.63, 3.8) is 0 Å². The first-order chi connectivity index (χ1) is 8.83. The number of hydrogen-bond acceptors (Lipinski definition) is 1. The van der Waals surface area contributed by atoms with E-state index in [4.69, 9.17) is 0 Å². The Morgan fingerprint density at radius 2 is 1.39 bits per heavy atom. The van der Waals surface area contributed by atoms with Crippen LogP contribution < -0.4 is 0 Å². The van der Waals surface area contributed by atoms with Gasteiger partial charge in [0.25, 0.3) is 0 Å². The average molecular weight is 238 g/mol. The van der Waals surface area contributed by atoms with Gasteiger partial charge in [0.2, 0.25) is 0 Å². The van der Waals surface area contributed by atoms with Gasteiger partial charge in [-0.05, 0) is 35.1 Å². The van der Waals surface area contributed by atoms with Gasteiger partial charge < -0.3 is 5.11 Å². The van der Waals surface area contributed by atoms with Gasteiger partial charge in [0.15, 0.2) is 0 Å². The van der Waals surface area contributed by atoms with Crippen molar-refractivity contribution < 1.29 is 5.11 Å². The highest BCUT2D eigenvalue weighted by Gasteiger charge is 2.40. The molecule has 3 rings (SSSR count). The van der Waals surface area contributed by atoms with Crippen LogP contribution in [0, 0.1) is 0 Å². The maximum atomic E-state index is 9.47. The smallest absolute Gasteiger partial charge is 0.0442 e. The van der Waals surface area contributed by atoms with Crippen molar-refractivity contribution in [2.45, 2.75) is 25.2 Å². The van der Waals surface area contributed by atoms with E-state index in [1.807, 2.05) is 0 Å². The Balaban J connectivity index is 2.32. The molecule has 0 saturated heterocycles. The third-order valence-electron chi connectivity index (χ3n) is 4.32. The summed E-state index contributed by atoms with van der Waals surface area (Å²) >= 11 is 0. The minimum Gasteiger partial charge on any atom is -0.396 e. The van der Waals surface area contributed by atoms with E-state index in [2.05, 4.69) is 55.5 Å². The van der Waals surface area contributed by atoms with Gasteiger partial charge in [0.1, 0.15) is 0 Å². The van der Waals surface area contributed by atoms with Crippen LogP contribution in [0.3, 0.4) is 0 Å². The van der Waals surface area contributed by atoms with E-state index < -0.39 is 0 Å². The van der Waals surface area contributed by atoms with Gasteiger partial charge in [-0.1, -0.05) is 55.5 Å². The largest absolute Gasteiger partial charge is 0.396 e. The molecule has 0 aromatic heterocycles. The molecular weight excluding hydrogens is 220 g/mol. The van der Waals surface area contributed by atoms with Crippen LogP contribution in [0.2, 0.25) is 0 Å². The molecule has 18 heavy (non-hydrogen) atoms. The zero-order valence-corrected chi connectivity index (χ0v) is 10.7. The second-order valence-electron chi connectivity index (χ2n) is 5.00. The van der Waals surface area contributed by atoms with Gasteiger partial charge in [0, 0.05) is 12.0 Å². The maximum absolute atomic E-state index is 9.47. The summed E-state index contributed by atoms with van der Waals surface area (Å²) in [7, 11) is 0. The van der Waals surface area contributed by atoms with Crippen LogP contribution in [0.4, 0.5) is 0 Å². The molecule has 2 aromatic carbocycles. The van der Waals surface area contributed by atoms with Gasteiger partial charge in [-0.25, -0.2) is 0 Å². The van der Waals surface area contributed by atoms with E-state index in [0.29, 0.717) is 0 Å². The quantitative estimate of drug-likeness (QED) is 0.863. The average Bonchev–Trinajstić information content (AvgIpc) is 2.72. The molecule has 1 nitrogen and oxygen atoms in total. The minimum absolute atomic E-state index is 0.00192. The maximum Gasteiger partial charge on any atom is 0.0442 e. The summed E-state index contributed by atoms with van der Waals surface area (Å²) in [5.74, 6) is 0. The molecule has 2 aromatic rings. The van der Waals surface area contributed by atoms with Crippen LogP contribution >= 0.6 is 0 Å². The van der Waals surface area contributed by atoms with Gasteiger partial charge in [-0.15, -0.1) is 0 Å². The third kappa shape index (κ3) is 1.37. The third-order valence-corrected chi connectivity index (χ3v) is 4.32. The van der Waals surface area contributed by atoms with E-state index in [0.717, 1.165) is 12.8 Å².